The van der Waals surface area contributed by atoms with Crippen molar-refractivity contribution in [1.29, 1.82) is 0 Å². The van der Waals surface area contributed by atoms with E-state index in [4.69, 9.17) is 0 Å². The predicted octanol–water partition coefficient (Wildman–Crippen LogP) is 2.80. The van der Waals surface area contributed by atoms with E-state index in [-0.39, 0.29) is 24.4 Å². The second-order valence-corrected chi connectivity index (χ2v) is 3.79. The normalized spacial score (nSPS) is 11.3. The van der Waals surface area contributed by atoms with Gasteiger partial charge in [-0.1, -0.05) is 12.1 Å². The van der Waals surface area contributed by atoms with Crippen molar-refractivity contribution in [3.63, 3.8) is 0 Å². The standard InChI is InChI=1S/C12H11F3O2/c1-8(16)6-11(17)7-9-2-4-10(5-3-9)12(13,14)15/h2-5H,6-7H2,1H3. The molecule has 0 unspecified atom stereocenters. The van der Waals surface area contributed by atoms with Gasteiger partial charge in [-0.15, -0.1) is 0 Å². The van der Waals surface area contributed by atoms with Gasteiger partial charge in [0.1, 0.15) is 11.6 Å². The summed E-state index contributed by atoms with van der Waals surface area (Å²) in [5.74, 6) is -0.542. The number of Topliss-reactive ketones (excluding diaryl/α,β-unsaturated/α-hetero) is 2. The van der Waals surface area contributed by atoms with Crippen molar-refractivity contribution in [1.82, 2.24) is 0 Å². The van der Waals surface area contributed by atoms with Gasteiger partial charge in [-0.3, -0.25) is 9.59 Å². The highest BCUT2D eigenvalue weighted by atomic mass is 19.4. The first-order valence-corrected chi connectivity index (χ1v) is 4.96. The Kier molecular flexibility index (Phi) is 4.04. The van der Waals surface area contributed by atoms with Crippen molar-refractivity contribution in [2.45, 2.75) is 25.9 Å². The van der Waals surface area contributed by atoms with Gasteiger partial charge in [0, 0.05) is 6.42 Å². The number of carbonyl (C=O) groups excluding carboxylic acids is 2. The van der Waals surface area contributed by atoms with E-state index in [0.29, 0.717) is 5.56 Å². The van der Waals surface area contributed by atoms with Gasteiger partial charge >= 0.3 is 6.18 Å². The molecule has 0 heterocycles. The molecule has 1 aromatic rings. The Morgan fingerprint density at radius 3 is 2.06 bits per heavy atom. The van der Waals surface area contributed by atoms with E-state index in [9.17, 15) is 22.8 Å². The molecule has 0 saturated heterocycles. The average Bonchev–Trinajstić information content (AvgIpc) is 2.15. The first-order chi connectivity index (χ1) is 7.79. The zero-order valence-electron chi connectivity index (χ0n) is 9.17. The molecule has 0 aromatic heterocycles. The minimum Gasteiger partial charge on any atom is -0.300 e. The fraction of sp³-hybridized carbons (Fsp3) is 0.333. The lowest BCUT2D eigenvalue weighted by molar-refractivity contribution is -0.137. The number of alkyl halides is 3. The van der Waals surface area contributed by atoms with Crippen LogP contribution in [0.3, 0.4) is 0 Å². The van der Waals surface area contributed by atoms with Gasteiger partial charge in [0.15, 0.2) is 0 Å². The predicted molar refractivity (Wildman–Crippen MR) is 55.5 cm³/mol. The molecule has 0 aliphatic heterocycles. The van der Waals surface area contributed by atoms with Gasteiger partial charge in [0.05, 0.1) is 12.0 Å². The topological polar surface area (TPSA) is 34.1 Å². The average molecular weight is 244 g/mol. The molecule has 17 heavy (non-hydrogen) atoms. The molecular formula is C12H11F3O2. The fourth-order valence-electron chi connectivity index (χ4n) is 1.38. The number of benzene rings is 1. The highest BCUT2D eigenvalue weighted by Gasteiger charge is 2.29. The molecule has 1 aromatic carbocycles. The van der Waals surface area contributed by atoms with E-state index in [1.54, 1.807) is 0 Å². The van der Waals surface area contributed by atoms with Crippen LogP contribution < -0.4 is 0 Å². The Morgan fingerprint density at radius 2 is 1.65 bits per heavy atom. The summed E-state index contributed by atoms with van der Waals surface area (Å²) in [6.45, 7) is 1.30. The van der Waals surface area contributed by atoms with Crippen molar-refractivity contribution in [2.24, 2.45) is 0 Å². The maximum absolute atomic E-state index is 12.2. The summed E-state index contributed by atoms with van der Waals surface area (Å²) in [7, 11) is 0. The van der Waals surface area contributed by atoms with Crippen LogP contribution >= 0.6 is 0 Å². The maximum atomic E-state index is 12.2. The summed E-state index contributed by atoms with van der Waals surface area (Å²) < 4.78 is 36.7. The number of hydrogen-bond acceptors (Lipinski definition) is 2. The van der Waals surface area contributed by atoms with Crippen LogP contribution in [0.1, 0.15) is 24.5 Å². The molecule has 92 valence electrons. The van der Waals surface area contributed by atoms with Crippen molar-refractivity contribution >= 4 is 11.6 Å². The highest BCUT2D eigenvalue weighted by molar-refractivity contribution is 5.98. The van der Waals surface area contributed by atoms with Crippen LogP contribution in [-0.4, -0.2) is 11.6 Å². The van der Waals surface area contributed by atoms with Crippen LogP contribution in [0, 0.1) is 0 Å². The zero-order valence-corrected chi connectivity index (χ0v) is 9.17. The Labute approximate surface area is 96.4 Å². The minimum absolute atomic E-state index is 0.0162. The van der Waals surface area contributed by atoms with Crippen molar-refractivity contribution in [2.75, 3.05) is 0 Å². The molecule has 0 fully saturated rings. The molecule has 0 spiro atoms. The molecule has 5 heteroatoms. The van der Waals surface area contributed by atoms with Crippen LogP contribution in [0.25, 0.3) is 0 Å². The van der Waals surface area contributed by atoms with Crippen LogP contribution in [0.2, 0.25) is 0 Å². The number of ketones is 2. The molecule has 2 nitrogen and oxygen atoms in total. The largest absolute Gasteiger partial charge is 0.416 e. The van der Waals surface area contributed by atoms with Gasteiger partial charge in [-0.05, 0) is 24.6 Å². The Balaban J connectivity index is 2.69. The molecule has 0 aliphatic carbocycles. The van der Waals surface area contributed by atoms with E-state index >= 15 is 0 Å². The lowest BCUT2D eigenvalue weighted by Gasteiger charge is -2.07. The van der Waals surface area contributed by atoms with Crippen LogP contribution in [0.4, 0.5) is 13.2 Å². The van der Waals surface area contributed by atoms with Crippen LogP contribution in [-0.2, 0) is 22.2 Å². The second-order valence-electron chi connectivity index (χ2n) is 3.79. The van der Waals surface area contributed by atoms with Crippen LogP contribution in [0.5, 0.6) is 0 Å². The van der Waals surface area contributed by atoms with Crippen molar-refractivity contribution < 1.29 is 22.8 Å². The monoisotopic (exact) mass is 244 g/mol. The van der Waals surface area contributed by atoms with Gasteiger partial charge in [-0.25, -0.2) is 0 Å². The fourth-order valence-corrected chi connectivity index (χ4v) is 1.38. The summed E-state index contributed by atoms with van der Waals surface area (Å²) in [5.41, 5.74) is -0.274. The molecule has 0 amide bonds. The number of hydrogen-bond donors (Lipinski definition) is 0. The quantitative estimate of drug-likeness (QED) is 0.763. The molecular weight excluding hydrogens is 233 g/mol. The second kappa shape index (κ2) is 5.12. The van der Waals surface area contributed by atoms with Crippen molar-refractivity contribution in [3.05, 3.63) is 35.4 Å². The van der Waals surface area contributed by atoms with Gasteiger partial charge in [0.2, 0.25) is 0 Å². The third-order valence-corrected chi connectivity index (χ3v) is 2.13. The molecule has 0 bridgehead atoms. The Morgan fingerprint density at radius 1 is 1.12 bits per heavy atom. The maximum Gasteiger partial charge on any atom is 0.416 e. The molecule has 0 saturated carbocycles. The smallest absolute Gasteiger partial charge is 0.300 e. The van der Waals surface area contributed by atoms with Crippen LogP contribution in [0.15, 0.2) is 24.3 Å². The summed E-state index contributed by atoms with van der Waals surface area (Å²) in [4.78, 5) is 21.9. The highest BCUT2D eigenvalue weighted by Crippen LogP contribution is 2.29. The Bertz CT molecular complexity index is 418. The number of halogens is 3. The third-order valence-electron chi connectivity index (χ3n) is 2.13. The molecule has 0 aliphatic rings. The number of rotatable bonds is 4. The van der Waals surface area contributed by atoms with E-state index in [1.807, 2.05) is 0 Å². The van der Waals surface area contributed by atoms with E-state index in [0.717, 1.165) is 12.1 Å². The minimum atomic E-state index is -4.37. The van der Waals surface area contributed by atoms with Gasteiger partial charge in [0.25, 0.3) is 0 Å². The van der Waals surface area contributed by atoms with E-state index in [2.05, 4.69) is 0 Å². The van der Waals surface area contributed by atoms with E-state index in [1.165, 1.54) is 19.1 Å². The summed E-state index contributed by atoms with van der Waals surface area (Å²) in [5, 5.41) is 0. The van der Waals surface area contributed by atoms with Gasteiger partial charge < -0.3 is 0 Å². The lowest BCUT2D eigenvalue weighted by atomic mass is 10.0. The molecule has 1 rings (SSSR count). The zero-order chi connectivity index (χ0) is 13.1. The third kappa shape index (κ3) is 4.38. The summed E-state index contributed by atoms with van der Waals surface area (Å²) >= 11 is 0. The SMILES string of the molecule is CC(=O)CC(=O)Cc1ccc(C(F)(F)F)cc1. The summed E-state index contributed by atoms with van der Waals surface area (Å²) in [6.07, 6.45) is -4.57. The van der Waals surface area contributed by atoms with E-state index < -0.39 is 11.7 Å². The Hall–Kier alpha value is -1.65. The van der Waals surface area contributed by atoms with Crippen molar-refractivity contribution in [3.8, 4) is 0 Å². The lowest BCUT2D eigenvalue weighted by Crippen LogP contribution is -2.08. The first-order valence-electron chi connectivity index (χ1n) is 4.96. The molecule has 0 radical (unpaired) electrons. The first kappa shape index (κ1) is 13.4. The molecule has 0 N–H and O–H groups in total. The van der Waals surface area contributed by atoms with Gasteiger partial charge in [-0.2, -0.15) is 13.2 Å². The summed E-state index contributed by atoms with van der Waals surface area (Å²) in [6, 6.07) is 4.36. The molecule has 0 atom stereocenters. The number of carbonyl (C=O) groups is 2.